The molecule has 23 heavy (non-hydrogen) atoms. The zero-order valence-corrected chi connectivity index (χ0v) is 13.7. The molecule has 0 aliphatic rings. The molecule has 0 radical (unpaired) electrons. The molecule has 0 aliphatic carbocycles. The van der Waals surface area contributed by atoms with Crippen LogP contribution < -0.4 is 0 Å². The van der Waals surface area contributed by atoms with Crippen LogP contribution in [0.4, 0.5) is 4.39 Å². The summed E-state index contributed by atoms with van der Waals surface area (Å²) in [5.74, 6) is -0.276. The van der Waals surface area contributed by atoms with Gasteiger partial charge in [-0.2, -0.15) is 0 Å². The molecule has 0 fully saturated rings. The van der Waals surface area contributed by atoms with Crippen LogP contribution in [0.5, 0.6) is 0 Å². The number of aldehydes is 1. The molecule has 0 aliphatic heterocycles. The number of nitrogens with zero attached hydrogens (tertiary/aromatic N) is 1. The predicted molar refractivity (Wildman–Crippen MR) is 88.5 cm³/mol. The van der Waals surface area contributed by atoms with E-state index in [9.17, 15) is 9.18 Å². The number of hydrogen-bond donors (Lipinski definition) is 0. The van der Waals surface area contributed by atoms with E-state index in [1.807, 2.05) is 26.8 Å². The second kappa shape index (κ2) is 5.46. The summed E-state index contributed by atoms with van der Waals surface area (Å²) in [5.41, 5.74) is 3.06. The molecule has 0 N–H and O–H groups in total. The van der Waals surface area contributed by atoms with Crippen molar-refractivity contribution in [3.8, 4) is 11.3 Å². The number of carbonyl (C=O) groups excluding carboxylic acids is 1. The molecular weight excluding hydrogens is 317 g/mol. The first-order valence-corrected chi connectivity index (χ1v) is 7.53. The minimum atomic E-state index is -0.496. The number of furan rings is 1. The van der Waals surface area contributed by atoms with Crippen LogP contribution in [0.15, 0.2) is 34.7 Å². The molecule has 5 heteroatoms. The number of halogens is 2. The lowest BCUT2D eigenvalue weighted by Crippen LogP contribution is -2.12. The smallest absolute Gasteiger partial charge is 0.185 e. The second-order valence-electron chi connectivity index (χ2n) is 6.41. The zero-order valence-electron chi connectivity index (χ0n) is 13.0. The largest absolute Gasteiger partial charge is 0.451 e. The van der Waals surface area contributed by atoms with E-state index in [-0.39, 0.29) is 16.2 Å². The van der Waals surface area contributed by atoms with E-state index in [2.05, 4.69) is 4.98 Å². The van der Waals surface area contributed by atoms with Crippen LogP contribution in [-0.2, 0) is 5.41 Å². The third-order valence-electron chi connectivity index (χ3n) is 3.64. The molecule has 0 unspecified atom stereocenters. The van der Waals surface area contributed by atoms with Crippen molar-refractivity contribution in [2.24, 2.45) is 0 Å². The molecule has 3 aromatic rings. The molecule has 0 bridgehead atoms. The highest BCUT2D eigenvalue weighted by atomic mass is 35.5. The van der Waals surface area contributed by atoms with Crippen LogP contribution >= 0.6 is 11.6 Å². The van der Waals surface area contributed by atoms with Crippen molar-refractivity contribution in [1.29, 1.82) is 0 Å². The number of pyridine rings is 1. The highest BCUT2D eigenvalue weighted by Gasteiger charge is 2.22. The maximum atomic E-state index is 13.7. The SMILES string of the molecule is CC(C)(C)c1cc(-c2ccc(Cl)c(F)c2)nc2cc(C=O)oc12. The first-order chi connectivity index (χ1) is 10.8. The van der Waals surface area contributed by atoms with Gasteiger partial charge in [-0.1, -0.05) is 38.4 Å². The Labute approximate surface area is 138 Å². The van der Waals surface area contributed by atoms with Crippen LogP contribution in [-0.4, -0.2) is 11.3 Å². The molecule has 1 aromatic carbocycles. The molecule has 2 aromatic heterocycles. The minimum Gasteiger partial charge on any atom is -0.451 e. The Morgan fingerprint density at radius 1 is 1.22 bits per heavy atom. The summed E-state index contributed by atoms with van der Waals surface area (Å²) in [6.45, 7) is 6.12. The molecule has 3 rings (SSSR count). The average Bonchev–Trinajstić information content (AvgIpc) is 2.90. The summed E-state index contributed by atoms with van der Waals surface area (Å²) in [7, 11) is 0. The van der Waals surface area contributed by atoms with Crippen molar-refractivity contribution in [2.45, 2.75) is 26.2 Å². The Morgan fingerprint density at radius 3 is 2.57 bits per heavy atom. The van der Waals surface area contributed by atoms with Crippen molar-refractivity contribution >= 4 is 29.0 Å². The first kappa shape index (κ1) is 15.7. The average molecular weight is 332 g/mol. The molecule has 0 saturated heterocycles. The molecule has 0 atom stereocenters. The van der Waals surface area contributed by atoms with Gasteiger partial charge in [-0.3, -0.25) is 4.79 Å². The van der Waals surface area contributed by atoms with Gasteiger partial charge in [0.1, 0.15) is 11.3 Å². The third kappa shape index (κ3) is 2.86. The topological polar surface area (TPSA) is 43.1 Å². The Morgan fingerprint density at radius 2 is 1.96 bits per heavy atom. The van der Waals surface area contributed by atoms with Gasteiger partial charge in [-0.25, -0.2) is 9.37 Å². The predicted octanol–water partition coefficient (Wildman–Crippen LogP) is 5.40. The van der Waals surface area contributed by atoms with Gasteiger partial charge in [-0.15, -0.1) is 0 Å². The van der Waals surface area contributed by atoms with E-state index >= 15 is 0 Å². The van der Waals surface area contributed by atoms with E-state index in [4.69, 9.17) is 16.0 Å². The van der Waals surface area contributed by atoms with Crippen molar-refractivity contribution in [3.63, 3.8) is 0 Å². The van der Waals surface area contributed by atoms with Crippen LogP contribution in [0.1, 0.15) is 36.9 Å². The lowest BCUT2D eigenvalue weighted by atomic mass is 9.86. The van der Waals surface area contributed by atoms with E-state index in [1.54, 1.807) is 12.1 Å². The van der Waals surface area contributed by atoms with E-state index in [0.717, 1.165) is 5.56 Å². The zero-order chi connectivity index (χ0) is 16.8. The van der Waals surface area contributed by atoms with E-state index < -0.39 is 5.82 Å². The summed E-state index contributed by atoms with van der Waals surface area (Å²) in [6, 6.07) is 8.02. The Balaban J connectivity index is 2.29. The molecule has 0 spiro atoms. The number of hydrogen-bond acceptors (Lipinski definition) is 3. The summed E-state index contributed by atoms with van der Waals surface area (Å²) < 4.78 is 19.3. The fourth-order valence-electron chi connectivity index (χ4n) is 2.46. The van der Waals surface area contributed by atoms with Gasteiger partial charge < -0.3 is 4.42 Å². The molecule has 118 valence electrons. The molecule has 0 saturated carbocycles. The fraction of sp³-hybridized carbons (Fsp3) is 0.222. The number of rotatable bonds is 2. The third-order valence-corrected chi connectivity index (χ3v) is 3.94. The van der Waals surface area contributed by atoms with Crippen LogP contribution in [0.2, 0.25) is 5.02 Å². The fourth-order valence-corrected chi connectivity index (χ4v) is 2.58. The quantitative estimate of drug-likeness (QED) is 0.591. The van der Waals surface area contributed by atoms with Crippen molar-refractivity contribution in [2.75, 3.05) is 0 Å². The lowest BCUT2D eigenvalue weighted by Gasteiger charge is -2.20. The monoisotopic (exact) mass is 331 g/mol. The maximum absolute atomic E-state index is 13.7. The molecular formula is C18H15ClFNO2. The van der Waals surface area contributed by atoms with Gasteiger partial charge >= 0.3 is 0 Å². The normalized spacial score (nSPS) is 11.9. The summed E-state index contributed by atoms with van der Waals surface area (Å²) in [5, 5.41) is 0.0671. The standard InChI is InChI=1S/C18H15ClFNO2/c1-18(2,3)12-8-15(10-4-5-13(19)14(20)6-10)21-16-7-11(9-22)23-17(12)16/h4-9H,1-3H3. The maximum Gasteiger partial charge on any atom is 0.185 e. The van der Waals surface area contributed by atoms with Crippen LogP contribution in [0.3, 0.4) is 0 Å². The van der Waals surface area contributed by atoms with Gasteiger partial charge in [0, 0.05) is 17.2 Å². The van der Waals surface area contributed by atoms with Gasteiger partial charge in [0.25, 0.3) is 0 Å². The van der Waals surface area contributed by atoms with E-state index in [0.29, 0.717) is 28.6 Å². The van der Waals surface area contributed by atoms with Gasteiger partial charge in [0.15, 0.2) is 17.6 Å². The number of benzene rings is 1. The van der Waals surface area contributed by atoms with Crippen LogP contribution in [0.25, 0.3) is 22.4 Å². The van der Waals surface area contributed by atoms with Crippen molar-refractivity contribution in [1.82, 2.24) is 4.98 Å². The van der Waals surface area contributed by atoms with Crippen molar-refractivity contribution < 1.29 is 13.6 Å². The summed E-state index contributed by atoms with van der Waals surface area (Å²) in [4.78, 5) is 15.5. The Bertz CT molecular complexity index is 909. The van der Waals surface area contributed by atoms with Gasteiger partial charge in [-0.05, 0) is 23.6 Å². The summed E-state index contributed by atoms with van der Waals surface area (Å²) >= 11 is 5.74. The van der Waals surface area contributed by atoms with E-state index in [1.165, 1.54) is 12.1 Å². The number of carbonyl (C=O) groups is 1. The first-order valence-electron chi connectivity index (χ1n) is 7.15. The van der Waals surface area contributed by atoms with Gasteiger partial charge in [0.05, 0.1) is 10.7 Å². The second-order valence-corrected chi connectivity index (χ2v) is 6.82. The lowest BCUT2D eigenvalue weighted by molar-refractivity contribution is 0.110. The number of aromatic nitrogens is 1. The van der Waals surface area contributed by atoms with Crippen LogP contribution in [0, 0.1) is 5.82 Å². The van der Waals surface area contributed by atoms with Crippen molar-refractivity contribution in [3.05, 3.63) is 52.5 Å². The van der Waals surface area contributed by atoms with Gasteiger partial charge in [0.2, 0.25) is 0 Å². The highest BCUT2D eigenvalue weighted by Crippen LogP contribution is 2.34. The molecule has 3 nitrogen and oxygen atoms in total. The highest BCUT2D eigenvalue weighted by molar-refractivity contribution is 6.30. The summed E-state index contributed by atoms with van der Waals surface area (Å²) in [6.07, 6.45) is 0.649. The number of fused-ring (bicyclic) bond motifs is 1. The Hall–Kier alpha value is -2.20. The minimum absolute atomic E-state index is 0.0671. The molecule has 2 heterocycles. The Kier molecular flexibility index (Phi) is 3.72. The molecule has 0 amide bonds.